The average Bonchev–Trinajstić information content (AvgIpc) is 2.85. The second-order valence-electron chi connectivity index (χ2n) is 4.50. The minimum absolute atomic E-state index is 0.260. The number of halogens is 2. The van der Waals surface area contributed by atoms with E-state index in [0.717, 1.165) is 23.5 Å². The highest BCUT2D eigenvalue weighted by Crippen LogP contribution is 2.24. The van der Waals surface area contributed by atoms with Crippen LogP contribution >= 0.6 is 34.5 Å². The lowest BCUT2D eigenvalue weighted by molar-refractivity contribution is 0.252. The highest BCUT2D eigenvalue weighted by molar-refractivity contribution is 7.09. The molecule has 1 aromatic heterocycles. The summed E-state index contributed by atoms with van der Waals surface area (Å²) in [6.45, 7) is 2.56. The number of benzene rings is 1. The standard InChI is InChI=1S/C14H15Cl2N3OS/c1-9-8-21-13(18-9)3-2-6-17-14(20)19-10-4-5-11(15)12(16)7-10/h4-5,7-8H,2-3,6H2,1H3,(H2,17,19,20). The summed E-state index contributed by atoms with van der Waals surface area (Å²) in [6.07, 6.45) is 1.72. The minimum atomic E-state index is -0.260. The van der Waals surface area contributed by atoms with Crippen molar-refractivity contribution in [2.24, 2.45) is 0 Å². The van der Waals surface area contributed by atoms with Gasteiger partial charge < -0.3 is 10.6 Å². The predicted molar refractivity (Wildman–Crippen MR) is 88.7 cm³/mol. The van der Waals surface area contributed by atoms with Gasteiger partial charge in [-0.25, -0.2) is 9.78 Å². The molecule has 0 radical (unpaired) electrons. The van der Waals surface area contributed by atoms with Gasteiger partial charge in [-0.2, -0.15) is 0 Å². The molecule has 4 nitrogen and oxygen atoms in total. The number of anilines is 1. The van der Waals surface area contributed by atoms with E-state index >= 15 is 0 Å². The molecule has 112 valence electrons. The van der Waals surface area contributed by atoms with Crippen LogP contribution in [0.3, 0.4) is 0 Å². The van der Waals surface area contributed by atoms with Gasteiger partial charge in [-0.15, -0.1) is 11.3 Å². The third-order valence-electron chi connectivity index (χ3n) is 2.70. The minimum Gasteiger partial charge on any atom is -0.338 e. The lowest BCUT2D eigenvalue weighted by Gasteiger charge is -2.08. The number of urea groups is 1. The summed E-state index contributed by atoms with van der Waals surface area (Å²) in [5, 5.41) is 9.49. The fourth-order valence-corrected chi connectivity index (χ4v) is 2.82. The van der Waals surface area contributed by atoms with E-state index in [-0.39, 0.29) is 6.03 Å². The zero-order valence-electron chi connectivity index (χ0n) is 11.5. The van der Waals surface area contributed by atoms with Gasteiger partial charge in [0, 0.05) is 29.7 Å². The number of aryl methyl sites for hydroxylation is 2. The number of carbonyl (C=O) groups is 1. The van der Waals surface area contributed by atoms with Gasteiger partial charge in [0.1, 0.15) is 0 Å². The van der Waals surface area contributed by atoms with Crippen molar-refractivity contribution in [1.82, 2.24) is 10.3 Å². The molecule has 0 bridgehead atoms. The summed E-state index contributed by atoms with van der Waals surface area (Å²) in [6, 6.07) is 4.70. The van der Waals surface area contributed by atoms with Crippen LogP contribution < -0.4 is 10.6 Å². The first-order valence-corrected chi connectivity index (χ1v) is 8.09. The van der Waals surface area contributed by atoms with Crippen molar-refractivity contribution in [2.75, 3.05) is 11.9 Å². The molecule has 0 aliphatic rings. The van der Waals surface area contributed by atoms with Crippen LogP contribution in [0.25, 0.3) is 0 Å². The van der Waals surface area contributed by atoms with Gasteiger partial charge in [-0.05, 0) is 31.5 Å². The molecule has 2 rings (SSSR count). The summed E-state index contributed by atoms with van der Waals surface area (Å²) in [4.78, 5) is 16.1. The van der Waals surface area contributed by atoms with Gasteiger partial charge in [0.2, 0.25) is 0 Å². The molecule has 2 aromatic rings. The van der Waals surface area contributed by atoms with E-state index in [1.165, 1.54) is 0 Å². The van der Waals surface area contributed by atoms with Crippen LogP contribution in [0.1, 0.15) is 17.1 Å². The highest BCUT2D eigenvalue weighted by atomic mass is 35.5. The molecule has 0 aliphatic carbocycles. The normalized spacial score (nSPS) is 10.4. The lowest BCUT2D eigenvalue weighted by Crippen LogP contribution is -2.29. The number of hydrogen-bond acceptors (Lipinski definition) is 3. The van der Waals surface area contributed by atoms with Crippen molar-refractivity contribution in [3.05, 3.63) is 44.3 Å². The molecule has 2 N–H and O–H groups in total. The van der Waals surface area contributed by atoms with Crippen LogP contribution in [0.5, 0.6) is 0 Å². The van der Waals surface area contributed by atoms with Crippen molar-refractivity contribution < 1.29 is 4.79 Å². The molecule has 21 heavy (non-hydrogen) atoms. The molecule has 0 unspecified atom stereocenters. The Balaban J connectivity index is 1.71. The van der Waals surface area contributed by atoms with E-state index in [1.54, 1.807) is 29.5 Å². The fourth-order valence-electron chi connectivity index (χ4n) is 1.71. The molecule has 0 aliphatic heterocycles. The van der Waals surface area contributed by atoms with E-state index in [2.05, 4.69) is 15.6 Å². The smallest absolute Gasteiger partial charge is 0.319 e. The second-order valence-corrected chi connectivity index (χ2v) is 6.25. The lowest BCUT2D eigenvalue weighted by atomic mass is 10.3. The zero-order chi connectivity index (χ0) is 15.2. The number of nitrogens with one attached hydrogen (secondary N) is 2. The molecule has 1 aromatic carbocycles. The first-order valence-electron chi connectivity index (χ1n) is 6.45. The van der Waals surface area contributed by atoms with Gasteiger partial charge in [0.25, 0.3) is 0 Å². The maximum atomic E-state index is 11.7. The largest absolute Gasteiger partial charge is 0.338 e. The zero-order valence-corrected chi connectivity index (χ0v) is 13.8. The summed E-state index contributed by atoms with van der Waals surface area (Å²) in [7, 11) is 0. The van der Waals surface area contributed by atoms with E-state index in [1.807, 2.05) is 12.3 Å². The topological polar surface area (TPSA) is 54.0 Å². The molecule has 0 fully saturated rings. The number of thiazole rings is 1. The Morgan fingerprint density at radius 2 is 2.14 bits per heavy atom. The van der Waals surface area contributed by atoms with Crippen molar-refractivity contribution >= 4 is 46.3 Å². The SMILES string of the molecule is Cc1csc(CCCNC(=O)Nc2ccc(Cl)c(Cl)c2)n1. The van der Waals surface area contributed by atoms with Crippen LogP contribution in [-0.4, -0.2) is 17.6 Å². The summed E-state index contributed by atoms with van der Waals surface area (Å²) in [5.74, 6) is 0. The quantitative estimate of drug-likeness (QED) is 0.784. The third kappa shape index (κ3) is 5.19. The van der Waals surface area contributed by atoms with Crippen LogP contribution in [0.2, 0.25) is 10.0 Å². The Morgan fingerprint density at radius 1 is 1.33 bits per heavy atom. The molecular weight excluding hydrogens is 329 g/mol. The Hall–Kier alpha value is -1.30. The molecule has 0 spiro atoms. The number of carbonyl (C=O) groups excluding carboxylic acids is 1. The number of hydrogen-bond donors (Lipinski definition) is 2. The van der Waals surface area contributed by atoms with E-state index in [4.69, 9.17) is 23.2 Å². The van der Waals surface area contributed by atoms with Crippen molar-refractivity contribution in [3.63, 3.8) is 0 Å². The Labute approximate surface area is 137 Å². The van der Waals surface area contributed by atoms with Gasteiger partial charge in [-0.1, -0.05) is 23.2 Å². The summed E-state index contributed by atoms with van der Waals surface area (Å²) >= 11 is 13.3. The fraction of sp³-hybridized carbons (Fsp3) is 0.286. The van der Waals surface area contributed by atoms with Crippen LogP contribution in [0.4, 0.5) is 10.5 Å². The predicted octanol–water partition coefficient (Wildman–Crippen LogP) is 4.51. The van der Waals surface area contributed by atoms with E-state index in [9.17, 15) is 4.79 Å². The molecule has 7 heteroatoms. The Kier molecular flexibility index (Phi) is 5.85. The molecular formula is C14H15Cl2N3OS. The maximum absolute atomic E-state index is 11.7. The third-order valence-corrected chi connectivity index (χ3v) is 4.46. The van der Waals surface area contributed by atoms with Gasteiger partial charge in [0.15, 0.2) is 0 Å². The summed E-state index contributed by atoms with van der Waals surface area (Å²) < 4.78 is 0. The Bertz CT molecular complexity index is 630. The number of rotatable bonds is 5. The molecule has 2 amide bonds. The molecule has 1 heterocycles. The first-order chi connectivity index (χ1) is 10.0. The number of amides is 2. The second kappa shape index (κ2) is 7.64. The molecule has 0 saturated heterocycles. The van der Waals surface area contributed by atoms with Crippen LogP contribution in [0.15, 0.2) is 23.6 Å². The van der Waals surface area contributed by atoms with E-state index in [0.29, 0.717) is 22.3 Å². The number of nitrogens with zero attached hydrogens (tertiary/aromatic N) is 1. The first kappa shape index (κ1) is 16.1. The molecule has 0 atom stereocenters. The van der Waals surface area contributed by atoms with Crippen LogP contribution in [0, 0.1) is 6.92 Å². The number of aromatic nitrogens is 1. The monoisotopic (exact) mass is 343 g/mol. The van der Waals surface area contributed by atoms with Crippen molar-refractivity contribution in [1.29, 1.82) is 0 Å². The van der Waals surface area contributed by atoms with E-state index < -0.39 is 0 Å². The summed E-state index contributed by atoms with van der Waals surface area (Å²) in [5.41, 5.74) is 1.65. The van der Waals surface area contributed by atoms with Crippen molar-refractivity contribution in [3.8, 4) is 0 Å². The van der Waals surface area contributed by atoms with Crippen molar-refractivity contribution in [2.45, 2.75) is 19.8 Å². The van der Waals surface area contributed by atoms with Gasteiger partial charge >= 0.3 is 6.03 Å². The van der Waals surface area contributed by atoms with Crippen LogP contribution in [-0.2, 0) is 6.42 Å². The maximum Gasteiger partial charge on any atom is 0.319 e. The molecule has 0 saturated carbocycles. The van der Waals surface area contributed by atoms with Gasteiger partial charge in [-0.3, -0.25) is 0 Å². The highest BCUT2D eigenvalue weighted by Gasteiger charge is 2.04. The van der Waals surface area contributed by atoms with Gasteiger partial charge in [0.05, 0.1) is 15.1 Å². The Morgan fingerprint density at radius 3 is 2.81 bits per heavy atom. The average molecular weight is 344 g/mol.